The van der Waals surface area contributed by atoms with Crippen LogP contribution in [0.4, 0.5) is 5.69 Å². The summed E-state index contributed by atoms with van der Waals surface area (Å²) in [7, 11) is 1.85. The van der Waals surface area contributed by atoms with Crippen molar-refractivity contribution in [2.45, 2.75) is 34.2 Å². The van der Waals surface area contributed by atoms with Crippen LogP contribution in [0.25, 0.3) is 11.1 Å². The van der Waals surface area contributed by atoms with Gasteiger partial charge in [0.15, 0.2) is 0 Å². The van der Waals surface area contributed by atoms with Crippen molar-refractivity contribution in [1.29, 1.82) is 0 Å². The summed E-state index contributed by atoms with van der Waals surface area (Å²) in [4.78, 5) is 17.2. The van der Waals surface area contributed by atoms with Gasteiger partial charge in [0.1, 0.15) is 5.76 Å². The number of nitrogens with zero attached hydrogens (tertiary/aromatic N) is 2. The molecule has 0 spiro atoms. The second-order valence-corrected chi connectivity index (χ2v) is 6.62. The summed E-state index contributed by atoms with van der Waals surface area (Å²) in [6.07, 6.45) is 1.82. The summed E-state index contributed by atoms with van der Waals surface area (Å²) in [5, 5.41) is 10.1. The molecule has 2 N–H and O–H groups in total. The Morgan fingerprint density at radius 2 is 1.89 bits per heavy atom. The van der Waals surface area contributed by atoms with Gasteiger partial charge in [0.25, 0.3) is 5.91 Å². The molecule has 6 heteroatoms. The van der Waals surface area contributed by atoms with Crippen molar-refractivity contribution in [2.75, 3.05) is 12.4 Å². The fourth-order valence-corrected chi connectivity index (χ4v) is 3.03. The van der Waals surface area contributed by atoms with Gasteiger partial charge in [-0.05, 0) is 57.0 Å². The van der Waals surface area contributed by atoms with E-state index in [1.54, 1.807) is 0 Å². The van der Waals surface area contributed by atoms with E-state index >= 15 is 0 Å². The molecule has 0 aliphatic carbocycles. The SMILES string of the molecule is CNc1cc(-c2ccc(C)nc2)cc(C(=O)NCc2c(C)noc2C)c1C. The number of carbonyl (C=O) groups excluding carboxylic acids is 1. The zero-order valence-electron chi connectivity index (χ0n) is 16.3. The topological polar surface area (TPSA) is 80.0 Å². The molecule has 6 nitrogen and oxygen atoms in total. The summed E-state index contributed by atoms with van der Waals surface area (Å²) in [5.74, 6) is 0.589. The lowest BCUT2D eigenvalue weighted by atomic mass is 9.98. The van der Waals surface area contributed by atoms with E-state index < -0.39 is 0 Å². The molecule has 0 unspecified atom stereocenters. The Morgan fingerprint density at radius 1 is 1.11 bits per heavy atom. The Bertz CT molecular complexity index is 955. The average Bonchev–Trinajstić information content (AvgIpc) is 2.98. The number of aromatic nitrogens is 2. The molecule has 1 aromatic carbocycles. The number of pyridine rings is 1. The Morgan fingerprint density at radius 3 is 2.48 bits per heavy atom. The lowest BCUT2D eigenvalue weighted by molar-refractivity contribution is 0.0950. The van der Waals surface area contributed by atoms with Gasteiger partial charge in [-0.25, -0.2) is 0 Å². The minimum atomic E-state index is -0.133. The van der Waals surface area contributed by atoms with Crippen molar-refractivity contribution in [3.63, 3.8) is 0 Å². The van der Waals surface area contributed by atoms with Crippen LogP contribution in [0.2, 0.25) is 0 Å². The third-order valence-electron chi connectivity index (χ3n) is 4.77. The first kappa shape index (κ1) is 18.6. The molecule has 0 fully saturated rings. The van der Waals surface area contributed by atoms with Crippen LogP contribution in [-0.2, 0) is 6.54 Å². The van der Waals surface area contributed by atoms with E-state index in [0.29, 0.717) is 12.1 Å². The molecule has 2 heterocycles. The first-order valence-electron chi connectivity index (χ1n) is 8.86. The van der Waals surface area contributed by atoms with Gasteiger partial charge in [-0.15, -0.1) is 0 Å². The van der Waals surface area contributed by atoms with Crippen molar-refractivity contribution >= 4 is 11.6 Å². The highest BCUT2D eigenvalue weighted by atomic mass is 16.5. The van der Waals surface area contributed by atoms with Gasteiger partial charge in [0.2, 0.25) is 0 Å². The van der Waals surface area contributed by atoms with E-state index in [1.165, 1.54) is 0 Å². The highest BCUT2D eigenvalue weighted by molar-refractivity contribution is 5.98. The van der Waals surface area contributed by atoms with Gasteiger partial charge in [0, 0.05) is 47.9 Å². The highest BCUT2D eigenvalue weighted by Crippen LogP contribution is 2.28. The third-order valence-corrected chi connectivity index (χ3v) is 4.77. The van der Waals surface area contributed by atoms with Crippen LogP contribution in [0.5, 0.6) is 0 Å². The number of benzene rings is 1. The van der Waals surface area contributed by atoms with Gasteiger partial charge in [-0.3, -0.25) is 9.78 Å². The van der Waals surface area contributed by atoms with Crippen LogP contribution in [-0.4, -0.2) is 23.1 Å². The van der Waals surface area contributed by atoms with Crippen molar-refractivity contribution in [3.05, 3.63) is 64.3 Å². The fraction of sp³-hybridized carbons (Fsp3) is 0.286. The van der Waals surface area contributed by atoms with Crippen molar-refractivity contribution in [1.82, 2.24) is 15.5 Å². The number of anilines is 1. The van der Waals surface area contributed by atoms with E-state index in [4.69, 9.17) is 4.52 Å². The molecule has 3 aromatic rings. The van der Waals surface area contributed by atoms with Gasteiger partial charge < -0.3 is 15.2 Å². The predicted octanol–water partition coefficient (Wildman–Crippen LogP) is 3.94. The quantitative estimate of drug-likeness (QED) is 0.717. The van der Waals surface area contributed by atoms with E-state index in [9.17, 15) is 4.79 Å². The Hall–Kier alpha value is -3.15. The number of hydrogen-bond donors (Lipinski definition) is 2. The summed E-state index contributed by atoms with van der Waals surface area (Å²) in [6, 6.07) is 7.92. The maximum Gasteiger partial charge on any atom is 0.251 e. The highest BCUT2D eigenvalue weighted by Gasteiger charge is 2.16. The Balaban J connectivity index is 1.92. The van der Waals surface area contributed by atoms with Crippen molar-refractivity contribution in [3.8, 4) is 11.1 Å². The van der Waals surface area contributed by atoms with Gasteiger partial charge in [-0.2, -0.15) is 0 Å². The lowest BCUT2D eigenvalue weighted by Gasteiger charge is -2.14. The molecule has 0 saturated carbocycles. The largest absolute Gasteiger partial charge is 0.388 e. The number of aryl methyl sites for hydroxylation is 3. The number of carbonyl (C=O) groups is 1. The molecule has 0 aliphatic rings. The summed E-state index contributed by atoms with van der Waals surface area (Å²) >= 11 is 0. The van der Waals surface area contributed by atoms with Crippen LogP contribution < -0.4 is 10.6 Å². The standard InChI is InChI=1S/C21H24N4O2/c1-12-6-7-16(10-23-12)17-8-18(13(2)20(9-17)22-5)21(26)24-11-19-14(3)25-27-15(19)4/h6-10,22H,11H2,1-5H3,(H,24,26). The van der Waals surface area contributed by atoms with E-state index in [1.807, 2.05) is 65.2 Å². The summed E-state index contributed by atoms with van der Waals surface area (Å²) < 4.78 is 5.16. The Kier molecular flexibility index (Phi) is 5.26. The van der Waals surface area contributed by atoms with Gasteiger partial charge in [-0.1, -0.05) is 11.2 Å². The molecule has 27 heavy (non-hydrogen) atoms. The molecular formula is C21H24N4O2. The van der Waals surface area contributed by atoms with Crippen LogP contribution in [0.1, 0.15) is 38.6 Å². The van der Waals surface area contributed by atoms with Gasteiger partial charge in [0.05, 0.1) is 5.69 Å². The van der Waals surface area contributed by atoms with E-state index in [0.717, 1.165) is 45.1 Å². The molecule has 0 atom stereocenters. The zero-order valence-corrected chi connectivity index (χ0v) is 16.3. The lowest BCUT2D eigenvalue weighted by Crippen LogP contribution is -2.24. The molecule has 0 bridgehead atoms. The monoisotopic (exact) mass is 364 g/mol. The minimum absolute atomic E-state index is 0.133. The van der Waals surface area contributed by atoms with Crippen LogP contribution in [0, 0.1) is 27.7 Å². The molecule has 0 radical (unpaired) electrons. The number of amides is 1. The van der Waals surface area contributed by atoms with Crippen molar-refractivity contribution < 1.29 is 9.32 Å². The molecular weight excluding hydrogens is 340 g/mol. The third kappa shape index (κ3) is 3.84. The number of nitrogens with one attached hydrogen (secondary N) is 2. The molecule has 140 valence electrons. The fourth-order valence-electron chi connectivity index (χ4n) is 3.03. The predicted molar refractivity (Wildman–Crippen MR) is 106 cm³/mol. The van der Waals surface area contributed by atoms with Crippen LogP contribution in [0.15, 0.2) is 35.0 Å². The normalized spacial score (nSPS) is 10.7. The minimum Gasteiger partial charge on any atom is -0.388 e. The first-order chi connectivity index (χ1) is 12.9. The smallest absolute Gasteiger partial charge is 0.251 e. The second kappa shape index (κ2) is 7.61. The van der Waals surface area contributed by atoms with Crippen LogP contribution >= 0.6 is 0 Å². The number of hydrogen-bond acceptors (Lipinski definition) is 5. The maximum absolute atomic E-state index is 12.9. The summed E-state index contributed by atoms with van der Waals surface area (Å²) in [6.45, 7) is 7.98. The average molecular weight is 364 g/mol. The van der Waals surface area contributed by atoms with E-state index in [-0.39, 0.29) is 5.91 Å². The Labute approximate surface area is 159 Å². The van der Waals surface area contributed by atoms with E-state index in [2.05, 4.69) is 20.8 Å². The van der Waals surface area contributed by atoms with Crippen molar-refractivity contribution in [2.24, 2.45) is 0 Å². The second-order valence-electron chi connectivity index (χ2n) is 6.62. The maximum atomic E-state index is 12.9. The molecule has 0 saturated heterocycles. The molecule has 2 aromatic heterocycles. The number of rotatable bonds is 5. The molecule has 3 rings (SSSR count). The summed E-state index contributed by atoms with van der Waals surface area (Å²) in [5.41, 5.74) is 7.01. The molecule has 1 amide bonds. The first-order valence-corrected chi connectivity index (χ1v) is 8.86. The zero-order chi connectivity index (χ0) is 19.6. The van der Waals surface area contributed by atoms with Gasteiger partial charge >= 0.3 is 0 Å². The van der Waals surface area contributed by atoms with Crippen LogP contribution in [0.3, 0.4) is 0 Å². The molecule has 0 aliphatic heterocycles.